The molecule has 0 bridgehead atoms. The number of allylic oxidation sites excluding steroid dienone is 1. The van der Waals surface area contributed by atoms with E-state index < -0.39 is 23.2 Å². The third-order valence-electron chi connectivity index (χ3n) is 1.92. The molecule has 1 rings (SSSR count). The molecule has 0 radical (unpaired) electrons. The maximum absolute atomic E-state index is 11.4. The van der Waals surface area contributed by atoms with E-state index in [4.69, 9.17) is 0 Å². The Kier molecular flexibility index (Phi) is 6.27. The maximum atomic E-state index is 11.4. The number of H-pyrrole nitrogens is 2. The van der Waals surface area contributed by atoms with E-state index >= 15 is 0 Å². The average Bonchev–Trinajstić information content (AvgIpc) is 2.26. The first kappa shape index (κ1) is 16.3. The van der Waals surface area contributed by atoms with Crippen molar-refractivity contribution in [2.24, 2.45) is 0 Å². The van der Waals surface area contributed by atoms with Gasteiger partial charge in [0.2, 0.25) is 0 Å². The summed E-state index contributed by atoms with van der Waals surface area (Å²) >= 11 is 0. The predicted octanol–water partition coefficient (Wildman–Crippen LogP) is -0.443. The van der Waals surface area contributed by atoms with Crippen LogP contribution in [0.15, 0.2) is 27.3 Å². The van der Waals surface area contributed by atoms with Gasteiger partial charge in [-0.1, -0.05) is 6.08 Å². The normalized spacial score (nSPS) is 10.4. The van der Waals surface area contributed by atoms with Crippen molar-refractivity contribution in [1.82, 2.24) is 9.97 Å². The van der Waals surface area contributed by atoms with E-state index in [1.54, 1.807) is 6.92 Å². The summed E-state index contributed by atoms with van der Waals surface area (Å²) in [6.45, 7) is 3.08. The van der Waals surface area contributed by atoms with Gasteiger partial charge in [0.25, 0.3) is 5.56 Å². The van der Waals surface area contributed by atoms with E-state index in [1.807, 2.05) is 4.98 Å². The van der Waals surface area contributed by atoms with E-state index in [9.17, 15) is 19.2 Å². The van der Waals surface area contributed by atoms with Crippen LogP contribution in [0, 0.1) is 0 Å². The monoisotopic (exact) mass is 264 g/mol. The molecule has 0 saturated carbocycles. The molecule has 0 unspecified atom stereocenters. The Bertz CT molecular complexity index is 580. The molecule has 1 aromatic rings. The molecule has 0 atom stereocenters. The second kappa shape index (κ2) is 6.92. The number of carbonyl (C=O) groups is 2. The van der Waals surface area contributed by atoms with Crippen LogP contribution in [-0.2, 0) is 9.53 Å². The van der Waals surface area contributed by atoms with Gasteiger partial charge in [0.1, 0.15) is 5.69 Å². The number of hydrogen-bond acceptors (Lipinski definition) is 5. The van der Waals surface area contributed by atoms with Crippen molar-refractivity contribution in [2.75, 3.05) is 0 Å². The van der Waals surface area contributed by atoms with Crippen LogP contribution in [0.25, 0.3) is 0 Å². The Morgan fingerprint density at radius 3 is 2.44 bits per heavy atom. The topological polar surface area (TPSA) is 109 Å². The fourth-order valence-electron chi connectivity index (χ4n) is 0.916. The molecular formula is C10H12MgN2O5. The molecule has 2 N–H and O–H groups in total. The van der Waals surface area contributed by atoms with E-state index in [0.29, 0.717) is 0 Å². The predicted molar refractivity (Wildman–Crippen MR) is 65.5 cm³/mol. The quantitative estimate of drug-likeness (QED) is 0.326. The van der Waals surface area contributed by atoms with E-state index in [-0.39, 0.29) is 37.2 Å². The van der Waals surface area contributed by atoms with Crippen molar-refractivity contribution in [3.8, 4) is 0 Å². The van der Waals surface area contributed by atoms with Crippen LogP contribution >= 0.6 is 0 Å². The van der Waals surface area contributed by atoms with E-state index in [0.717, 1.165) is 6.07 Å². The first-order chi connectivity index (χ1) is 7.93. The molecule has 94 valence electrons. The minimum atomic E-state index is -1.08. The van der Waals surface area contributed by atoms with Gasteiger partial charge in [0, 0.05) is 11.6 Å². The molecule has 0 spiro atoms. The summed E-state index contributed by atoms with van der Waals surface area (Å²) in [4.78, 5) is 48.3. The van der Waals surface area contributed by atoms with Gasteiger partial charge in [-0.2, -0.15) is 0 Å². The summed E-state index contributed by atoms with van der Waals surface area (Å²) in [7, 11) is 0. The van der Waals surface area contributed by atoms with Gasteiger partial charge >= 0.3 is 40.7 Å². The number of rotatable bonds is 2. The Hall–Kier alpha value is -1.67. The number of nitrogens with one attached hydrogen (secondary N) is 2. The summed E-state index contributed by atoms with van der Waals surface area (Å²) < 4.78 is 4.43. The molecule has 0 aliphatic rings. The fourth-order valence-corrected chi connectivity index (χ4v) is 0.916. The molecule has 7 nitrogen and oxygen atoms in total. The third kappa shape index (κ3) is 4.30. The Labute approximate surface area is 120 Å². The molecule has 1 aromatic heterocycles. The van der Waals surface area contributed by atoms with Crippen LogP contribution in [0.4, 0.5) is 0 Å². The van der Waals surface area contributed by atoms with Gasteiger partial charge in [-0.3, -0.25) is 9.78 Å². The van der Waals surface area contributed by atoms with Gasteiger partial charge in [0.05, 0.1) is 0 Å². The van der Waals surface area contributed by atoms with E-state index in [1.165, 1.54) is 13.0 Å². The molecule has 0 aliphatic carbocycles. The smallest absolute Gasteiger partial charge is 1.00 e. The van der Waals surface area contributed by atoms with Crippen molar-refractivity contribution in [3.63, 3.8) is 0 Å². The van der Waals surface area contributed by atoms with Gasteiger partial charge in [0.15, 0.2) is 0 Å². The summed E-state index contributed by atoms with van der Waals surface area (Å²) in [6, 6.07) is 0.835. The number of aromatic amines is 2. The van der Waals surface area contributed by atoms with Gasteiger partial charge in [-0.15, -0.1) is 0 Å². The SMILES string of the molecule is CC=C(C)C(=O)OC(=O)c1cc(=O)[nH]c(=O)[nH]1.[H-].[H-].[Mg+2]. The van der Waals surface area contributed by atoms with Gasteiger partial charge in [-0.25, -0.2) is 14.4 Å². The first-order valence-electron chi connectivity index (χ1n) is 4.67. The largest absolute Gasteiger partial charge is 2.00 e. The van der Waals surface area contributed by atoms with Crippen molar-refractivity contribution in [2.45, 2.75) is 13.8 Å². The van der Waals surface area contributed by atoms with Gasteiger partial charge in [-0.05, 0) is 13.8 Å². The Balaban J connectivity index is -0.000000963. The van der Waals surface area contributed by atoms with Gasteiger partial charge < -0.3 is 12.6 Å². The van der Waals surface area contributed by atoms with Crippen LogP contribution in [0.1, 0.15) is 27.2 Å². The van der Waals surface area contributed by atoms with Crippen LogP contribution in [-0.4, -0.2) is 45.0 Å². The Morgan fingerprint density at radius 2 is 1.94 bits per heavy atom. The molecule has 8 heteroatoms. The molecule has 0 amide bonds. The average molecular weight is 265 g/mol. The number of ether oxygens (including phenoxy) is 1. The minimum absolute atomic E-state index is 0. The molecular weight excluding hydrogens is 252 g/mol. The number of hydrogen-bond donors (Lipinski definition) is 2. The third-order valence-corrected chi connectivity index (χ3v) is 1.92. The zero-order valence-corrected chi connectivity index (χ0v) is 11.3. The summed E-state index contributed by atoms with van der Waals surface area (Å²) in [5, 5.41) is 0. The van der Waals surface area contributed by atoms with E-state index in [2.05, 4.69) is 9.72 Å². The second-order valence-electron chi connectivity index (χ2n) is 3.15. The summed E-state index contributed by atoms with van der Waals surface area (Å²) in [5.74, 6) is -1.92. The van der Waals surface area contributed by atoms with Crippen LogP contribution in [0.3, 0.4) is 0 Å². The van der Waals surface area contributed by atoms with Crippen LogP contribution < -0.4 is 11.2 Å². The Morgan fingerprint density at radius 1 is 1.33 bits per heavy atom. The number of aromatic nitrogens is 2. The molecule has 0 saturated heterocycles. The fraction of sp³-hybridized carbons (Fsp3) is 0.200. The summed E-state index contributed by atoms with van der Waals surface area (Å²) in [5.41, 5.74) is -1.74. The summed E-state index contributed by atoms with van der Waals surface area (Å²) in [6.07, 6.45) is 1.47. The van der Waals surface area contributed by atoms with Crippen molar-refractivity contribution >= 4 is 35.0 Å². The number of carbonyl (C=O) groups excluding carboxylic acids is 2. The molecule has 18 heavy (non-hydrogen) atoms. The van der Waals surface area contributed by atoms with Crippen molar-refractivity contribution < 1.29 is 17.2 Å². The second-order valence-corrected chi connectivity index (χ2v) is 3.15. The standard InChI is InChI=1S/C10H10N2O5.Mg.2H/c1-3-5(2)8(14)17-9(15)6-4-7(13)12-10(16)11-6;;;/h3-4H,1-2H3,(H2,11,12,13,16);;;/q;+2;2*-1. The zero-order chi connectivity index (χ0) is 13.0. The molecule has 0 fully saturated rings. The molecule has 1 heterocycles. The number of esters is 2. The van der Waals surface area contributed by atoms with Crippen molar-refractivity contribution in [3.05, 3.63) is 44.2 Å². The molecule has 0 aliphatic heterocycles. The molecule has 0 aromatic carbocycles. The minimum Gasteiger partial charge on any atom is -1.00 e. The van der Waals surface area contributed by atoms with Crippen LogP contribution in [0.5, 0.6) is 0 Å². The van der Waals surface area contributed by atoms with Crippen molar-refractivity contribution in [1.29, 1.82) is 0 Å². The maximum Gasteiger partial charge on any atom is 2.00 e. The van der Waals surface area contributed by atoms with Crippen LogP contribution in [0.2, 0.25) is 0 Å². The zero-order valence-electron chi connectivity index (χ0n) is 11.9. The first-order valence-corrected chi connectivity index (χ1v) is 4.67.